The molecule has 0 atom stereocenters. The van der Waals surface area contributed by atoms with Gasteiger partial charge in [-0.3, -0.25) is 4.99 Å². The van der Waals surface area contributed by atoms with Gasteiger partial charge in [0.05, 0.1) is 24.6 Å². The Morgan fingerprint density at radius 1 is 1.35 bits per heavy atom. The number of aromatic nitrogens is 1. The summed E-state index contributed by atoms with van der Waals surface area (Å²) in [6, 6.07) is 7.06. The molecule has 0 aliphatic rings. The second kappa shape index (κ2) is 6.29. The predicted molar refractivity (Wildman–Crippen MR) is 79.3 cm³/mol. The van der Waals surface area contributed by atoms with Crippen molar-refractivity contribution in [3.05, 3.63) is 51.3 Å². The maximum Gasteiger partial charge on any atom is 0.337 e. The first kappa shape index (κ1) is 14.2. The fraction of sp³-hybridized carbons (Fsp3) is 0.214. The molecule has 0 aliphatic carbocycles. The van der Waals surface area contributed by atoms with Crippen LogP contribution in [0.4, 0.5) is 0 Å². The number of hydrogen-bond donors (Lipinski definition) is 0. The Hall–Kier alpha value is -2.21. The van der Waals surface area contributed by atoms with Crippen molar-refractivity contribution in [3.63, 3.8) is 0 Å². The second-order valence-corrected chi connectivity index (χ2v) is 4.89. The van der Waals surface area contributed by atoms with E-state index in [0.29, 0.717) is 5.56 Å². The molecule has 1 aromatic heterocycles. The Balaban J connectivity index is 2.24. The van der Waals surface area contributed by atoms with Gasteiger partial charge in [0.25, 0.3) is 0 Å². The first-order valence-corrected chi connectivity index (χ1v) is 6.86. The SMILES string of the molecule is CN=c1scc(C)n1/N=C/c1ccc(C(=O)OC)cc1. The van der Waals surface area contributed by atoms with Crippen molar-refractivity contribution in [2.45, 2.75) is 6.92 Å². The lowest BCUT2D eigenvalue weighted by Gasteiger charge is -2.00. The van der Waals surface area contributed by atoms with Crippen LogP contribution < -0.4 is 4.80 Å². The number of nitrogens with zero attached hydrogens (tertiary/aromatic N) is 3. The highest BCUT2D eigenvalue weighted by atomic mass is 32.1. The summed E-state index contributed by atoms with van der Waals surface area (Å²) in [6.45, 7) is 1.98. The summed E-state index contributed by atoms with van der Waals surface area (Å²) in [6.07, 6.45) is 1.73. The molecule has 2 aromatic rings. The van der Waals surface area contributed by atoms with Gasteiger partial charge >= 0.3 is 5.97 Å². The van der Waals surface area contributed by atoms with E-state index < -0.39 is 0 Å². The predicted octanol–water partition coefficient (Wildman–Crippen LogP) is 2.06. The molecule has 0 bridgehead atoms. The smallest absolute Gasteiger partial charge is 0.337 e. The van der Waals surface area contributed by atoms with Crippen LogP contribution >= 0.6 is 11.3 Å². The molecule has 1 aromatic carbocycles. The number of methoxy groups -OCH3 is 1. The topological polar surface area (TPSA) is 56.0 Å². The lowest BCUT2D eigenvalue weighted by atomic mass is 10.1. The highest BCUT2D eigenvalue weighted by Gasteiger charge is 2.03. The van der Waals surface area contributed by atoms with Gasteiger partial charge in [0.15, 0.2) is 0 Å². The van der Waals surface area contributed by atoms with Crippen LogP contribution in [0.2, 0.25) is 0 Å². The van der Waals surface area contributed by atoms with Crippen LogP contribution in [0.3, 0.4) is 0 Å². The van der Waals surface area contributed by atoms with Gasteiger partial charge in [-0.05, 0) is 24.6 Å². The Morgan fingerprint density at radius 2 is 2.05 bits per heavy atom. The standard InChI is InChI=1S/C14H15N3O2S/c1-10-9-20-14(15-2)17(10)16-8-11-4-6-12(7-5-11)13(18)19-3/h4-9H,1-3H3/b15-14?,16-8+. The molecule has 104 valence electrons. The monoisotopic (exact) mass is 289 g/mol. The van der Waals surface area contributed by atoms with Crippen LogP contribution in [0, 0.1) is 6.92 Å². The van der Waals surface area contributed by atoms with Gasteiger partial charge in [0, 0.05) is 12.4 Å². The Labute approximate surface area is 120 Å². The quantitative estimate of drug-likeness (QED) is 0.641. The summed E-state index contributed by atoms with van der Waals surface area (Å²) in [5, 5.41) is 6.39. The van der Waals surface area contributed by atoms with Crippen molar-refractivity contribution < 1.29 is 9.53 Å². The van der Waals surface area contributed by atoms with Gasteiger partial charge in [-0.15, -0.1) is 11.3 Å². The number of hydrogen-bond acceptors (Lipinski definition) is 5. The van der Waals surface area contributed by atoms with Crippen molar-refractivity contribution in [1.29, 1.82) is 0 Å². The van der Waals surface area contributed by atoms with Crippen molar-refractivity contribution in [2.24, 2.45) is 10.1 Å². The lowest BCUT2D eigenvalue weighted by molar-refractivity contribution is 0.0601. The van der Waals surface area contributed by atoms with Gasteiger partial charge < -0.3 is 4.74 Å². The van der Waals surface area contributed by atoms with E-state index in [0.717, 1.165) is 16.1 Å². The largest absolute Gasteiger partial charge is 0.465 e. The summed E-state index contributed by atoms with van der Waals surface area (Å²) < 4.78 is 6.43. The van der Waals surface area contributed by atoms with E-state index in [1.165, 1.54) is 7.11 Å². The van der Waals surface area contributed by atoms with Gasteiger partial charge in [-0.1, -0.05) is 12.1 Å². The van der Waals surface area contributed by atoms with Crippen LogP contribution in [-0.4, -0.2) is 31.0 Å². The minimum atomic E-state index is -0.344. The van der Waals surface area contributed by atoms with E-state index in [4.69, 9.17) is 0 Å². The van der Waals surface area contributed by atoms with E-state index in [2.05, 4.69) is 14.8 Å². The minimum Gasteiger partial charge on any atom is -0.465 e. The molecule has 0 N–H and O–H groups in total. The van der Waals surface area contributed by atoms with Crippen LogP contribution in [0.25, 0.3) is 0 Å². The number of esters is 1. The Bertz CT molecular complexity index is 696. The molecular formula is C14H15N3O2S. The molecule has 0 spiro atoms. The molecular weight excluding hydrogens is 274 g/mol. The van der Waals surface area contributed by atoms with Gasteiger partial charge in [0.2, 0.25) is 4.80 Å². The highest BCUT2D eigenvalue weighted by molar-refractivity contribution is 7.07. The van der Waals surface area contributed by atoms with Gasteiger partial charge in [-0.2, -0.15) is 5.10 Å². The fourth-order valence-electron chi connectivity index (χ4n) is 1.62. The number of ether oxygens (including phenoxy) is 1. The number of carbonyl (C=O) groups is 1. The molecule has 0 amide bonds. The van der Waals surface area contributed by atoms with Crippen LogP contribution in [0.15, 0.2) is 39.7 Å². The number of thiazole rings is 1. The molecule has 0 aliphatic heterocycles. The summed E-state index contributed by atoms with van der Waals surface area (Å²) in [7, 11) is 3.10. The zero-order valence-corrected chi connectivity index (χ0v) is 12.3. The average Bonchev–Trinajstić information content (AvgIpc) is 2.85. The number of benzene rings is 1. The van der Waals surface area contributed by atoms with Crippen LogP contribution in [0.1, 0.15) is 21.6 Å². The van der Waals surface area contributed by atoms with E-state index in [1.807, 2.05) is 24.4 Å². The van der Waals surface area contributed by atoms with Crippen molar-refractivity contribution in [1.82, 2.24) is 4.68 Å². The third-order valence-corrected chi connectivity index (χ3v) is 3.72. The summed E-state index contributed by atoms with van der Waals surface area (Å²) in [5.74, 6) is -0.344. The first-order valence-electron chi connectivity index (χ1n) is 5.98. The zero-order chi connectivity index (χ0) is 14.5. The molecule has 0 saturated heterocycles. The van der Waals surface area contributed by atoms with Crippen molar-refractivity contribution in [3.8, 4) is 0 Å². The number of aryl methyl sites for hydroxylation is 1. The van der Waals surface area contributed by atoms with Gasteiger partial charge in [-0.25, -0.2) is 9.47 Å². The fourth-order valence-corrected chi connectivity index (χ4v) is 2.40. The summed E-state index contributed by atoms with van der Waals surface area (Å²) in [5.41, 5.74) is 2.45. The average molecular weight is 289 g/mol. The molecule has 1 heterocycles. The molecule has 0 unspecified atom stereocenters. The number of rotatable bonds is 3. The zero-order valence-electron chi connectivity index (χ0n) is 11.5. The Kier molecular flexibility index (Phi) is 4.47. The normalized spacial score (nSPS) is 12.1. The molecule has 0 radical (unpaired) electrons. The van der Waals surface area contributed by atoms with Crippen LogP contribution in [0.5, 0.6) is 0 Å². The molecule has 20 heavy (non-hydrogen) atoms. The first-order chi connectivity index (χ1) is 9.65. The van der Waals surface area contributed by atoms with E-state index in [1.54, 1.807) is 41.4 Å². The number of carbonyl (C=O) groups excluding carboxylic acids is 1. The third-order valence-electron chi connectivity index (χ3n) is 2.70. The third kappa shape index (κ3) is 3.03. The molecule has 0 saturated carbocycles. The van der Waals surface area contributed by atoms with Crippen LogP contribution in [-0.2, 0) is 4.74 Å². The molecule has 0 fully saturated rings. The van der Waals surface area contributed by atoms with E-state index in [9.17, 15) is 4.79 Å². The van der Waals surface area contributed by atoms with Gasteiger partial charge in [0.1, 0.15) is 0 Å². The van der Waals surface area contributed by atoms with E-state index in [-0.39, 0.29) is 5.97 Å². The maximum absolute atomic E-state index is 11.3. The highest BCUT2D eigenvalue weighted by Crippen LogP contribution is 2.05. The summed E-state index contributed by atoms with van der Waals surface area (Å²) >= 11 is 1.54. The summed E-state index contributed by atoms with van der Waals surface area (Å²) in [4.78, 5) is 16.3. The minimum absolute atomic E-state index is 0.344. The molecule has 5 nitrogen and oxygen atoms in total. The Morgan fingerprint density at radius 3 is 2.65 bits per heavy atom. The molecule has 2 rings (SSSR count). The maximum atomic E-state index is 11.3. The molecule has 6 heteroatoms. The van der Waals surface area contributed by atoms with Crippen molar-refractivity contribution in [2.75, 3.05) is 14.2 Å². The second-order valence-electron chi connectivity index (χ2n) is 4.05. The van der Waals surface area contributed by atoms with Crippen molar-refractivity contribution >= 4 is 23.5 Å². The van der Waals surface area contributed by atoms with E-state index >= 15 is 0 Å². The lowest BCUT2D eigenvalue weighted by Crippen LogP contribution is -2.11.